The van der Waals surface area contributed by atoms with Gasteiger partial charge in [0, 0.05) is 18.3 Å². The van der Waals surface area contributed by atoms with Gasteiger partial charge in [-0.15, -0.1) is 0 Å². The van der Waals surface area contributed by atoms with Crippen LogP contribution in [0.5, 0.6) is 0 Å². The highest BCUT2D eigenvalue weighted by molar-refractivity contribution is 5.24. The van der Waals surface area contributed by atoms with Crippen molar-refractivity contribution in [2.75, 3.05) is 0 Å². The van der Waals surface area contributed by atoms with Crippen LogP contribution in [0.3, 0.4) is 0 Å². The first-order valence-corrected chi connectivity index (χ1v) is 4.12. The van der Waals surface area contributed by atoms with Gasteiger partial charge in [-0.1, -0.05) is 18.2 Å². The molecule has 2 nitrogen and oxygen atoms in total. The molecule has 0 aromatic carbocycles. The number of aliphatic hydroxyl groups excluding tert-OH is 1. The molecule has 0 aliphatic heterocycles. The molecule has 12 heavy (non-hydrogen) atoms. The van der Waals surface area contributed by atoms with Crippen LogP contribution < -0.4 is 0 Å². The zero-order chi connectivity index (χ0) is 8.39. The number of aliphatic hydroxyl groups is 1. The molecule has 0 fully saturated rings. The van der Waals surface area contributed by atoms with E-state index in [4.69, 9.17) is 0 Å². The molecule has 0 bridgehead atoms. The molecule has 0 amide bonds. The summed E-state index contributed by atoms with van der Waals surface area (Å²) in [5.74, 6) is 0.355. The predicted octanol–water partition coefficient (Wildman–Crippen LogP) is 1.49. The summed E-state index contributed by atoms with van der Waals surface area (Å²) in [5.41, 5.74) is 1.19. The highest BCUT2D eigenvalue weighted by Crippen LogP contribution is 2.27. The number of aromatic nitrogens is 1. The third kappa shape index (κ3) is 1.38. The molecule has 2 heteroatoms. The Morgan fingerprint density at radius 2 is 2.33 bits per heavy atom. The lowest BCUT2D eigenvalue weighted by atomic mass is 10.0. The van der Waals surface area contributed by atoms with Crippen molar-refractivity contribution in [2.24, 2.45) is 0 Å². The Balaban J connectivity index is 2.18. The highest BCUT2D eigenvalue weighted by atomic mass is 16.3. The summed E-state index contributed by atoms with van der Waals surface area (Å²) in [6, 6.07) is 3.97. The van der Waals surface area contributed by atoms with Crippen molar-refractivity contribution < 1.29 is 5.11 Å². The zero-order valence-electron chi connectivity index (χ0n) is 6.72. The van der Waals surface area contributed by atoms with Crippen LogP contribution in [0.1, 0.15) is 17.9 Å². The van der Waals surface area contributed by atoms with Crippen LogP contribution in [0.2, 0.25) is 0 Å². The lowest BCUT2D eigenvalue weighted by Crippen LogP contribution is -2.00. The van der Waals surface area contributed by atoms with Crippen molar-refractivity contribution in [3.05, 3.63) is 42.2 Å². The van der Waals surface area contributed by atoms with Crippen LogP contribution in [0.15, 0.2) is 36.7 Å². The van der Waals surface area contributed by atoms with Crippen LogP contribution in [-0.2, 0) is 0 Å². The number of allylic oxidation sites excluding steroid dienone is 1. The fourth-order valence-electron chi connectivity index (χ4n) is 1.52. The molecule has 1 heterocycles. The lowest BCUT2D eigenvalue weighted by Gasteiger charge is -2.07. The molecule has 1 aliphatic carbocycles. The second kappa shape index (κ2) is 3.07. The van der Waals surface area contributed by atoms with Crippen LogP contribution >= 0.6 is 0 Å². The Hall–Kier alpha value is -1.15. The van der Waals surface area contributed by atoms with Crippen molar-refractivity contribution in [1.82, 2.24) is 4.98 Å². The maximum absolute atomic E-state index is 9.25. The van der Waals surface area contributed by atoms with Crippen molar-refractivity contribution in [2.45, 2.75) is 18.4 Å². The topological polar surface area (TPSA) is 33.1 Å². The molecule has 1 aliphatic rings. The number of pyridine rings is 1. The van der Waals surface area contributed by atoms with E-state index in [9.17, 15) is 5.11 Å². The Bertz CT molecular complexity index is 281. The fraction of sp³-hybridized carbons (Fsp3) is 0.300. The molecule has 0 spiro atoms. The van der Waals surface area contributed by atoms with E-state index in [0.29, 0.717) is 5.92 Å². The van der Waals surface area contributed by atoms with E-state index in [1.54, 1.807) is 6.20 Å². The van der Waals surface area contributed by atoms with Gasteiger partial charge in [0.2, 0.25) is 0 Å². The molecular weight excluding hydrogens is 150 g/mol. The minimum Gasteiger partial charge on any atom is -0.389 e. The van der Waals surface area contributed by atoms with Crippen LogP contribution in [0.4, 0.5) is 0 Å². The van der Waals surface area contributed by atoms with Gasteiger partial charge in [-0.2, -0.15) is 0 Å². The summed E-state index contributed by atoms with van der Waals surface area (Å²) in [5, 5.41) is 9.25. The second-order valence-electron chi connectivity index (χ2n) is 3.08. The van der Waals surface area contributed by atoms with Gasteiger partial charge in [0.05, 0.1) is 6.10 Å². The van der Waals surface area contributed by atoms with E-state index in [0.717, 1.165) is 6.42 Å². The minimum atomic E-state index is -0.268. The minimum absolute atomic E-state index is 0.268. The average molecular weight is 161 g/mol. The van der Waals surface area contributed by atoms with Gasteiger partial charge in [0.15, 0.2) is 0 Å². The molecule has 2 rings (SSSR count). The van der Waals surface area contributed by atoms with Crippen LogP contribution in [0, 0.1) is 0 Å². The molecule has 2 atom stereocenters. The summed E-state index contributed by atoms with van der Waals surface area (Å²) in [4.78, 5) is 4.04. The Morgan fingerprint density at radius 3 is 2.92 bits per heavy atom. The van der Waals surface area contributed by atoms with Gasteiger partial charge >= 0.3 is 0 Å². The lowest BCUT2D eigenvalue weighted by molar-refractivity contribution is 0.218. The van der Waals surface area contributed by atoms with Crippen LogP contribution in [-0.4, -0.2) is 16.2 Å². The molecule has 1 N–H and O–H groups in total. The molecular formula is C10H11NO. The quantitative estimate of drug-likeness (QED) is 0.633. The first kappa shape index (κ1) is 7.50. The van der Waals surface area contributed by atoms with E-state index in [-0.39, 0.29) is 6.10 Å². The second-order valence-corrected chi connectivity index (χ2v) is 3.08. The number of nitrogens with zero attached hydrogens (tertiary/aromatic N) is 1. The molecule has 1 aromatic rings. The first-order chi connectivity index (χ1) is 5.86. The predicted molar refractivity (Wildman–Crippen MR) is 46.7 cm³/mol. The standard InChI is InChI=1S/C10H11NO/c12-10-4-3-8(6-10)9-2-1-5-11-7-9/h1-5,7-8,10,12H,6H2. The molecule has 2 unspecified atom stereocenters. The van der Waals surface area contributed by atoms with Gasteiger partial charge in [0.1, 0.15) is 0 Å². The van der Waals surface area contributed by atoms with E-state index < -0.39 is 0 Å². The van der Waals surface area contributed by atoms with E-state index in [1.807, 2.05) is 30.5 Å². The normalized spacial score (nSPS) is 27.8. The van der Waals surface area contributed by atoms with Gasteiger partial charge in [-0.05, 0) is 18.1 Å². The Labute approximate surface area is 71.6 Å². The van der Waals surface area contributed by atoms with Gasteiger partial charge in [-0.3, -0.25) is 4.98 Å². The summed E-state index contributed by atoms with van der Waals surface area (Å²) in [6.45, 7) is 0. The van der Waals surface area contributed by atoms with Gasteiger partial charge in [0.25, 0.3) is 0 Å². The van der Waals surface area contributed by atoms with Gasteiger partial charge in [-0.25, -0.2) is 0 Å². The largest absolute Gasteiger partial charge is 0.389 e. The molecule has 0 radical (unpaired) electrons. The van der Waals surface area contributed by atoms with Crippen molar-refractivity contribution in [3.8, 4) is 0 Å². The Kier molecular flexibility index (Phi) is 1.92. The smallest absolute Gasteiger partial charge is 0.0730 e. The summed E-state index contributed by atoms with van der Waals surface area (Å²) < 4.78 is 0. The molecule has 62 valence electrons. The summed E-state index contributed by atoms with van der Waals surface area (Å²) in [7, 11) is 0. The SMILES string of the molecule is OC1C=CC(c2cccnc2)C1. The van der Waals surface area contributed by atoms with E-state index >= 15 is 0 Å². The van der Waals surface area contributed by atoms with E-state index in [2.05, 4.69) is 4.98 Å². The highest BCUT2D eigenvalue weighted by Gasteiger charge is 2.17. The Morgan fingerprint density at radius 1 is 1.42 bits per heavy atom. The molecule has 1 aromatic heterocycles. The molecule has 0 saturated heterocycles. The maximum Gasteiger partial charge on any atom is 0.0730 e. The third-order valence-corrected chi connectivity index (χ3v) is 2.17. The number of hydrogen-bond donors (Lipinski definition) is 1. The first-order valence-electron chi connectivity index (χ1n) is 4.12. The monoisotopic (exact) mass is 161 g/mol. The summed E-state index contributed by atoms with van der Waals surface area (Å²) in [6.07, 6.45) is 8.03. The van der Waals surface area contributed by atoms with Crippen LogP contribution in [0.25, 0.3) is 0 Å². The fourth-order valence-corrected chi connectivity index (χ4v) is 1.52. The van der Waals surface area contributed by atoms with Crippen molar-refractivity contribution in [1.29, 1.82) is 0 Å². The maximum atomic E-state index is 9.25. The zero-order valence-corrected chi connectivity index (χ0v) is 6.72. The summed E-state index contributed by atoms with van der Waals surface area (Å²) >= 11 is 0. The third-order valence-electron chi connectivity index (χ3n) is 2.17. The van der Waals surface area contributed by atoms with E-state index in [1.165, 1.54) is 5.56 Å². The average Bonchev–Trinajstić information content (AvgIpc) is 2.54. The number of hydrogen-bond acceptors (Lipinski definition) is 2. The van der Waals surface area contributed by atoms with Crippen molar-refractivity contribution >= 4 is 0 Å². The van der Waals surface area contributed by atoms with Gasteiger partial charge < -0.3 is 5.11 Å². The van der Waals surface area contributed by atoms with Crippen molar-refractivity contribution in [3.63, 3.8) is 0 Å². The molecule has 0 saturated carbocycles. The number of rotatable bonds is 1.